The van der Waals surface area contributed by atoms with Crippen LogP contribution in [0.25, 0.3) is 0 Å². The number of benzene rings is 1. The van der Waals surface area contributed by atoms with Crippen LogP contribution in [-0.2, 0) is 4.79 Å². The van der Waals surface area contributed by atoms with Crippen LogP contribution in [0.5, 0.6) is 0 Å². The van der Waals surface area contributed by atoms with Gasteiger partial charge in [-0.05, 0) is 43.7 Å². The third-order valence-corrected chi connectivity index (χ3v) is 6.51. The van der Waals surface area contributed by atoms with E-state index in [0.717, 1.165) is 25.7 Å². The molecule has 1 aromatic carbocycles. The van der Waals surface area contributed by atoms with E-state index in [0.29, 0.717) is 49.8 Å². The summed E-state index contributed by atoms with van der Waals surface area (Å²) in [6.07, 6.45) is 8.60. The first-order valence-corrected chi connectivity index (χ1v) is 11.1. The summed E-state index contributed by atoms with van der Waals surface area (Å²) in [7, 11) is 0. The first-order chi connectivity index (χ1) is 14.5. The van der Waals surface area contributed by atoms with E-state index in [1.54, 1.807) is 12.1 Å². The molecule has 2 saturated carbocycles. The van der Waals surface area contributed by atoms with E-state index in [9.17, 15) is 19.7 Å². The topological polar surface area (TPSA) is 95.8 Å². The molecule has 2 amide bonds. The van der Waals surface area contributed by atoms with Crippen LogP contribution in [0.1, 0.15) is 61.7 Å². The van der Waals surface area contributed by atoms with E-state index in [-0.39, 0.29) is 23.5 Å². The molecule has 1 heterocycles. The summed E-state index contributed by atoms with van der Waals surface area (Å²) in [5, 5.41) is 14.5. The van der Waals surface area contributed by atoms with Crippen LogP contribution in [0.3, 0.4) is 0 Å². The van der Waals surface area contributed by atoms with Gasteiger partial charge in [0, 0.05) is 50.3 Å². The van der Waals surface area contributed by atoms with Gasteiger partial charge in [-0.2, -0.15) is 0 Å². The third kappa shape index (κ3) is 4.91. The fraction of sp³-hybridized carbons (Fsp3) is 0.636. The number of carbonyl (C=O) groups excluding carboxylic acids is 2. The molecule has 30 heavy (non-hydrogen) atoms. The number of anilines is 1. The van der Waals surface area contributed by atoms with Gasteiger partial charge in [0.15, 0.2) is 0 Å². The molecular formula is C22H30N4O4. The van der Waals surface area contributed by atoms with E-state index in [2.05, 4.69) is 5.32 Å². The van der Waals surface area contributed by atoms with Gasteiger partial charge in [-0.15, -0.1) is 0 Å². The number of amides is 2. The van der Waals surface area contributed by atoms with Crippen molar-refractivity contribution in [1.82, 2.24) is 10.2 Å². The summed E-state index contributed by atoms with van der Waals surface area (Å²) in [4.78, 5) is 40.0. The first kappa shape index (κ1) is 20.6. The highest BCUT2D eigenvalue weighted by molar-refractivity contribution is 5.96. The standard InChI is InChI=1S/C22H30N4O4/c27-21(14-16-4-2-1-3-5-16)25-12-10-24(11-13-25)19-9-6-17(15-20(19)26(29)30)22(28)23-18-7-8-18/h6,9,15-16,18H,1-5,7-8,10-14H2,(H,23,28). The molecule has 0 atom stereocenters. The fourth-order valence-corrected chi connectivity index (χ4v) is 4.54. The van der Waals surface area contributed by atoms with Crippen molar-refractivity contribution in [1.29, 1.82) is 0 Å². The molecule has 4 rings (SSSR count). The van der Waals surface area contributed by atoms with Crippen molar-refractivity contribution in [3.63, 3.8) is 0 Å². The number of hydrogen-bond acceptors (Lipinski definition) is 5. The Bertz CT molecular complexity index is 809. The number of nitrogens with zero attached hydrogens (tertiary/aromatic N) is 3. The molecule has 0 aromatic heterocycles. The molecule has 1 aromatic rings. The lowest BCUT2D eigenvalue weighted by Crippen LogP contribution is -2.49. The van der Waals surface area contributed by atoms with Crippen LogP contribution >= 0.6 is 0 Å². The molecule has 1 N–H and O–H groups in total. The molecule has 1 saturated heterocycles. The van der Waals surface area contributed by atoms with Crippen molar-refractivity contribution in [2.45, 2.75) is 57.4 Å². The maximum Gasteiger partial charge on any atom is 0.293 e. The summed E-state index contributed by atoms with van der Waals surface area (Å²) in [6.45, 7) is 2.27. The summed E-state index contributed by atoms with van der Waals surface area (Å²) in [6, 6.07) is 4.89. The molecule has 0 bridgehead atoms. The van der Waals surface area contributed by atoms with Crippen molar-refractivity contribution in [3.8, 4) is 0 Å². The van der Waals surface area contributed by atoms with Crippen molar-refractivity contribution < 1.29 is 14.5 Å². The lowest BCUT2D eigenvalue weighted by Gasteiger charge is -2.36. The molecule has 0 radical (unpaired) electrons. The Morgan fingerprint density at radius 2 is 1.73 bits per heavy atom. The lowest BCUT2D eigenvalue weighted by atomic mass is 9.86. The number of rotatable bonds is 6. The number of carbonyl (C=O) groups is 2. The highest BCUT2D eigenvalue weighted by atomic mass is 16.6. The number of nitro benzene ring substituents is 1. The monoisotopic (exact) mass is 414 g/mol. The van der Waals surface area contributed by atoms with Crippen LogP contribution in [0.15, 0.2) is 18.2 Å². The van der Waals surface area contributed by atoms with Crippen molar-refractivity contribution >= 4 is 23.2 Å². The zero-order valence-corrected chi connectivity index (χ0v) is 17.3. The zero-order chi connectivity index (χ0) is 21.1. The van der Waals surface area contributed by atoms with Crippen LogP contribution in [-0.4, -0.2) is 53.9 Å². The Kier molecular flexibility index (Phi) is 6.20. The minimum atomic E-state index is -0.427. The van der Waals surface area contributed by atoms with Crippen molar-refractivity contribution in [3.05, 3.63) is 33.9 Å². The van der Waals surface area contributed by atoms with Crippen molar-refractivity contribution in [2.75, 3.05) is 31.1 Å². The highest BCUT2D eigenvalue weighted by Gasteiger charge is 2.29. The Morgan fingerprint density at radius 1 is 1.03 bits per heavy atom. The van der Waals surface area contributed by atoms with Gasteiger partial charge in [0.25, 0.3) is 11.6 Å². The average molecular weight is 415 g/mol. The second-order valence-corrected chi connectivity index (χ2v) is 8.78. The predicted octanol–water partition coefficient (Wildman–Crippen LogP) is 3.11. The molecule has 3 aliphatic rings. The second kappa shape index (κ2) is 9.02. The van der Waals surface area contributed by atoms with Crippen LogP contribution in [0.2, 0.25) is 0 Å². The van der Waals surface area contributed by atoms with Crippen LogP contribution in [0, 0.1) is 16.0 Å². The molecule has 0 spiro atoms. The quantitative estimate of drug-likeness (QED) is 0.570. The molecular weight excluding hydrogens is 384 g/mol. The van der Waals surface area contributed by atoms with Gasteiger partial charge in [-0.3, -0.25) is 19.7 Å². The minimum absolute atomic E-state index is 0.0552. The molecule has 3 fully saturated rings. The second-order valence-electron chi connectivity index (χ2n) is 8.78. The van der Waals surface area contributed by atoms with E-state index < -0.39 is 4.92 Å². The van der Waals surface area contributed by atoms with Gasteiger partial charge in [0.2, 0.25) is 5.91 Å². The molecule has 8 heteroatoms. The van der Waals surface area contributed by atoms with Crippen LogP contribution < -0.4 is 10.2 Å². The summed E-state index contributed by atoms with van der Waals surface area (Å²) >= 11 is 0. The SMILES string of the molecule is O=C(NC1CC1)c1ccc(N2CCN(C(=O)CC3CCCCC3)CC2)c([N+](=O)[O-])c1. The fourth-order valence-electron chi connectivity index (χ4n) is 4.54. The predicted molar refractivity (Wildman–Crippen MR) is 114 cm³/mol. The molecule has 0 unspecified atom stereocenters. The smallest absolute Gasteiger partial charge is 0.293 e. The third-order valence-electron chi connectivity index (χ3n) is 6.51. The van der Waals surface area contributed by atoms with Gasteiger partial charge < -0.3 is 15.1 Å². The Morgan fingerprint density at radius 3 is 2.37 bits per heavy atom. The lowest BCUT2D eigenvalue weighted by molar-refractivity contribution is -0.384. The van der Waals surface area contributed by atoms with Gasteiger partial charge in [-0.1, -0.05) is 19.3 Å². The summed E-state index contributed by atoms with van der Waals surface area (Å²) < 4.78 is 0. The van der Waals surface area contributed by atoms with E-state index in [1.807, 2.05) is 9.80 Å². The maximum absolute atomic E-state index is 12.7. The van der Waals surface area contributed by atoms with Gasteiger partial charge >= 0.3 is 0 Å². The molecule has 2 aliphatic carbocycles. The van der Waals surface area contributed by atoms with E-state index >= 15 is 0 Å². The molecule has 1 aliphatic heterocycles. The van der Waals surface area contributed by atoms with E-state index in [1.165, 1.54) is 25.3 Å². The minimum Gasteiger partial charge on any atom is -0.362 e. The Hall–Kier alpha value is -2.64. The highest BCUT2D eigenvalue weighted by Crippen LogP contribution is 2.31. The van der Waals surface area contributed by atoms with Gasteiger partial charge in [0.1, 0.15) is 5.69 Å². The maximum atomic E-state index is 12.7. The Balaban J connectivity index is 1.37. The number of piperazine rings is 1. The van der Waals surface area contributed by atoms with E-state index in [4.69, 9.17) is 0 Å². The number of nitro groups is 1. The molecule has 8 nitrogen and oxygen atoms in total. The van der Waals surface area contributed by atoms with Gasteiger partial charge in [0.05, 0.1) is 4.92 Å². The summed E-state index contributed by atoms with van der Waals surface area (Å²) in [5.74, 6) is 0.466. The average Bonchev–Trinajstić information content (AvgIpc) is 3.58. The zero-order valence-electron chi connectivity index (χ0n) is 17.3. The number of nitrogens with one attached hydrogen (secondary N) is 1. The van der Waals surface area contributed by atoms with Crippen molar-refractivity contribution in [2.24, 2.45) is 5.92 Å². The van der Waals surface area contributed by atoms with Crippen LogP contribution in [0.4, 0.5) is 11.4 Å². The molecule has 162 valence electrons. The normalized spacial score (nSPS) is 20.1. The number of hydrogen-bond donors (Lipinski definition) is 1. The summed E-state index contributed by atoms with van der Waals surface area (Å²) in [5.41, 5.74) is 0.779. The van der Waals surface area contributed by atoms with Gasteiger partial charge in [-0.25, -0.2) is 0 Å². The Labute approximate surface area is 176 Å². The first-order valence-electron chi connectivity index (χ1n) is 11.1. The largest absolute Gasteiger partial charge is 0.362 e.